The Morgan fingerprint density at radius 2 is 1.68 bits per heavy atom. The maximum Gasteiger partial charge on any atom is 0.323 e. The van der Waals surface area contributed by atoms with Gasteiger partial charge in [-0.1, -0.05) is 27.5 Å². The molecule has 116 valence electrons. The third-order valence-electron chi connectivity index (χ3n) is 2.82. The van der Waals surface area contributed by atoms with Gasteiger partial charge in [0.2, 0.25) is 0 Å². The first-order valence-electron chi connectivity index (χ1n) is 6.28. The molecule has 0 saturated carbocycles. The Labute approximate surface area is 141 Å². The van der Waals surface area contributed by atoms with Crippen molar-refractivity contribution in [3.8, 4) is 11.5 Å². The van der Waals surface area contributed by atoms with Gasteiger partial charge < -0.3 is 20.1 Å². The van der Waals surface area contributed by atoms with Gasteiger partial charge in [-0.3, -0.25) is 0 Å². The summed E-state index contributed by atoms with van der Waals surface area (Å²) < 4.78 is 11.3. The zero-order valence-corrected chi connectivity index (χ0v) is 14.3. The van der Waals surface area contributed by atoms with E-state index in [0.717, 1.165) is 4.47 Å². The number of ether oxygens (including phenoxy) is 2. The fourth-order valence-corrected chi connectivity index (χ4v) is 2.27. The second-order valence-corrected chi connectivity index (χ2v) is 5.60. The van der Waals surface area contributed by atoms with E-state index >= 15 is 0 Å². The van der Waals surface area contributed by atoms with Crippen LogP contribution in [0.5, 0.6) is 11.5 Å². The highest BCUT2D eigenvalue weighted by Gasteiger charge is 2.12. The SMILES string of the molecule is COc1cc(NC(=O)Nc2ccc(Br)cc2)c(OC)cc1Cl. The number of rotatable bonds is 4. The third-order valence-corrected chi connectivity index (χ3v) is 3.65. The van der Waals surface area contributed by atoms with E-state index in [1.54, 1.807) is 24.3 Å². The molecule has 22 heavy (non-hydrogen) atoms. The van der Waals surface area contributed by atoms with E-state index in [0.29, 0.717) is 27.9 Å². The van der Waals surface area contributed by atoms with E-state index < -0.39 is 6.03 Å². The zero-order valence-electron chi connectivity index (χ0n) is 11.9. The van der Waals surface area contributed by atoms with Crippen molar-refractivity contribution in [2.75, 3.05) is 24.9 Å². The second kappa shape index (κ2) is 7.38. The molecule has 5 nitrogen and oxygen atoms in total. The smallest absolute Gasteiger partial charge is 0.323 e. The van der Waals surface area contributed by atoms with Gasteiger partial charge in [0.1, 0.15) is 11.5 Å². The number of nitrogens with one attached hydrogen (secondary N) is 2. The minimum atomic E-state index is -0.398. The van der Waals surface area contributed by atoms with Crippen LogP contribution < -0.4 is 20.1 Å². The first kappa shape index (κ1) is 16.5. The fraction of sp³-hybridized carbons (Fsp3) is 0.133. The van der Waals surface area contributed by atoms with Crippen molar-refractivity contribution < 1.29 is 14.3 Å². The molecule has 2 amide bonds. The Morgan fingerprint density at radius 3 is 2.27 bits per heavy atom. The number of urea groups is 1. The highest BCUT2D eigenvalue weighted by Crippen LogP contribution is 2.35. The van der Waals surface area contributed by atoms with Gasteiger partial charge in [0.25, 0.3) is 0 Å². The average molecular weight is 386 g/mol. The molecule has 0 bridgehead atoms. The van der Waals surface area contributed by atoms with Crippen LogP contribution in [0, 0.1) is 0 Å². The van der Waals surface area contributed by atoms with E-state index in [1.807, 2.05) is 12.1 Å². The predicted molar refractivity (Wildman–Crippen MR) is 91.3 cm³/mol. The van der Waals surface area contributed by atoms with Crippen molar-refractivity contribution in [3.05, 3.63) is 45.9 Å². The lowest BCUT2D eigenvalue weighted by Gasteiger charge is -2.13. The van der Waals surface area contributed by atoms with Gasteiger partial charge in [0.05, 0.1) is 24.9 Å². The highest BCUT2D eigenvalue weighted by atomic mass is 79.9. The van der Waals surface area contributed by atoms with Crippen molar-refractivity contribution in [1.29, 1.82) is 0 Å². The number of carbonyl (C=O) groups excluding carboxylic acids is 1. The summed E-state index contributed by atoms with van der Waals surface area (Å²) in [5, 5.41) is 5.82. The molecule has 0 aliphatic rings. The van der Waals surface area contributed by atoms with E-state index in [2.05, 4.69) is 26.6 Å². The lowest BCUT2D eigenvalue weighted by Crippen LogP contribution is -2.19. The standard InChI is InChI=1S/C15H14BrClN2O3/c1-21-13-8-12(14(22-2)7-11(13)17)19-15(20)18-10-5-3-9(16)4-6-10/h3-8H,1-2H3,(H2,18,19,20). The molecule has 0 fully saturated rings. The van der Waals surface area contributed by atoms with Crippen LogP contribution in [0.3, 0.4) is 0 Å². The number of anilines is 2. The normalized spacial score (nSPS) is 10.0. The Hall–Kier alpha value is -1.92. The molecular formula is C15H14BrClN2O3. The minimum Gasteiger partial charge on any atom is -0.495 e. The molecule has 0 saturated heterocycles. The van der Waals surface area contributed by atoms with Crippen LogP contribution in [-0.4, -0.2) is 20.3 Å². The van der Waals surface area contributed by atoms with E-state index in [4.69, 9.17) is 21.1 Å². The number of halogens is 2. The topological polar surface area (TPSA) is 59.6 Å². The fourth-order valence-electron chi connectivity index (χ4n) is 1.78. The quantitative estimate of drug-likeness (QED) is 0.797. The largest absolute Gasteiger partial charge is 0.495 e. The van der Waals surface area contributed by atoms with Crippen molar-refractivity contribution in [1.82, 2.24) is 0 Å². The molecule has 2 rings (SSSR count). The predicted octanol–water partition coefficient (Wildman–Crippen LogP) is 4.76. The Kier molecular flexibility index (Phi) is 5.51. The van der Waals surface area contributed by atoms with Crippen molar-refractivity contribution in [2.24, 2.45) is 0 Å². The molecule has 0 atom stereocenters. The average Bonchev–Trinajstić information content (AvgIpc) is 2.50. The van der Waals surface area contributed by atoms with Crippen LogP contribution in [0.25, 0.3) is 0 Å². The van der Waals surface area contributed by atoms with Crippen LogP contribution in [0.4, 0.5) is 16.2 Å². The van der Waals surface area contributed by atoms with Gasteiger partial charge in [-0.05, 0) is 24.3 Å². The first-order chi connectivity index (χ1) is 10.5. The molecule has 0 aliphatic heterocycles. The van der Waals surface area contributed by atoms with Crippen LogP contribution in [0.15, 0.2) is 40.9 Å². The molecule has 0 spiro atoms. The van der Waals surface area contributed by atoms with Crippen LogP contribution in [-0.2, 0) is 0 Å². The maximum atomic E-state index is 12.1. The lowest BCUT2D eigenvalue weighted by atomic mass is 10.2. The molecule has 7 heteroatoms. The van der Waals surface area contributed by atoms with Crippen LogP contribution >= 0.6 is 27.5 Å². The zero-order chi connectivity index (χ0) is 16.1. The summed E-state index contributed by atoms with van der Waals surface area (Å²) in [5.41, 5.74) is 1.12. The van der Waals surface area contributed by atoms with E-state index in [9.17, 15) is 4.79 Å². The number of hydrogen-bond acceptors (Lipinski definition) is 3. The number of hydrogen-bond donors (Lipinski definition) is 2. The van der Waals surface area contributed by atoms with E-state index in [1.165, 1.54) is 14.2 Å². The Bertz CT molecular complexity index is 677. The molecule has 2 aromatic carbocycles. The summed E-state index contributed by atoms with van der Waals surface area (Å²) in [7, 11) is 3.00. The van der Waals surface area contributed by atoms with E-state index in [-0.39, 0.29) is 0 Å². The van der Waals surface area contributed by atoms with Gasteiger partial charge in [-0.2, -0.15) is 0 Å². The highest BCUT2D eigenvalue weighted by molar-refractivity contribution is 9.10. The third kappa shape index (κ3) is 4.05. The maximum absolute atomic E-state index is 12.1. The van der Waals surface area contributed by atoms with Crippen molar-refractivity contribution in [2.45, 2.75) is 0 Å². The molecule has 2 N–H and O–H groups in total. The molecule has 0 aromatic heterocycles. The molecule has 2 aromatic rings. The molecule has 0 radical (unpaired) electrons. The summed E-state index contributed by atoms with van der Waals surface area (Å²) in [6.07, 6.45) is 0. The number of amides is 2. The number of methoxy groups -OCH3 is 2. The lowest BCUT2D eigenvalue weighted by molar-refractivity contribution is 0.262. The number of carbonyl (C=O) groups is 1. The molecule has 0 unspecified atom stereocenters. The molecule has 0 heterocycles. The number of benzene rings is 2. The summed E-state index contributed by atoms with van der Waals surface area (Å²) in [6, 6.07) is 10.0. The first-order valence-corrected chi connectivity index (χ1v) is 7.45. The Morgan fingerprint density at radius 1 is 1.05 bits per heavy atom. The van der Waals surface area contributed by atoms with Crippen molar-refractivity contribution >= 4 is 44.9 Å². The van der Waals surface area contributed by atoms with Gasteiger partial charge in [-0.15, -0.1) is 0 Å². The summed E-state index contributed by atoms with van der Waals surface area (Å²) in [6.45, 7) is 0. The molecule has 0 aliphatic carbocycles. The van der Waals surface area contributed by atoms with Crippen molar-refractivity contribution in [3.63, 3.8) is 0 Å². The summed E-state index contributed by atoms with van der Waals surface area (Å²) in [4.78, 5) is 12.1. The summed E-state index contributed by atoms with van der Waals surface area (Å²) in [5.74, 6) is 0.887. The minimum absolute atomic E-state index is 0.398. The van der Waals surface area contributed by atoms with Gasteiger partial charge in [0.15, 0.2) is 0 Å². The van der Waals surface area contributed by atoms with Gasteiger partial charge >= 0.3 is 6.03 Å². The van der Waals surface area contributed by atoms with Gasteiger partial charge in [0, 0.05) is 22.3 Å². The monoisotopic (exact) mass is 384 g/mol. The second-order valence-electron chi connectivity index (χ2n) is 4.27. The Balaban J connectivity index is 2.15. The van der Waals surface area contributed by atoms with Crippen LogP contribution in [0.1, 0.15) is 0 Å². The summed E-state index contributed by atoms with van der Waals surface area (Å²) >= 11 is 9.36. The molecular weight excluding hydrogens is 372 g/mol. The van der Waals surface area contributed by atoms with Gasteiger partial charge in [-0.25, -0.2) is 4.79 Å². The van der Waals surface area contributed by atoms with Crippen LogP contribution in [0.2, 0.25) is 5.02 Å².